The molecule has 0 saturated carbocycles. The number of fused-ring (bicyclic) bond motifs is 1. The lowest BCUT2D eigenvalue weighted by molar-refractivity contribution is -0.274. The van der Waals surface area contributed by atoms with E-state index >= 15 is 0 Å². The molecule has 31 heavy (non-hydrogen) atoms. The van der Waals surface area contributed by atoms with Crippen LogP contribution in [0.15, 0.2) is 70.5 Å². The first-order valence-electron chi connectivity index (χ1n) is 8.80. The van der Waals surface area contributed by atoms with Crippen molar-refractivity contribution in [3.63, 3.8) is 0 Å². The lowest BCUT2D eigenvalue weighted by Gasteiger charge is -2.15. The Morgan fingerprint density at radius 3 is 2.58 bits per heavy atom. The standard InChI is InChI=1S/C20H12ClF3N4O3/c21-16-7-6-12(10-25-16)11-27-8-2-5-15-17(27)26-19(30)28(18(15)29)13-3-1-4-14(9-13)31-20(22,23)24/h1-10H,11H2. The average molecular weight is 449 g/mol. The molecule has 4 rings (SSSR count). The zero-order chi connectivity index (χ0) is 22.2. The van der Waals surface area contributed by atoms with Crippen LogP contribution < -0.4 is 16.0 Å². The third-order valence-electron chi connectivity index (χ3n) is 4.32. The van der Waals surface area contributed by atoms with Crippen molar-refractivity contribution in [2.24, 2.45) is 0 Å². The minimum absolute atomic E-state index is 0.0940. The SMILES string of the molecule is O=c1nc2n(Cc3ccc(Cl)nc3)cccc-2c(=O)n1-c1cccc(OC(F)(F)F)c1. The second-order valence-corrected chi connectivity index (χ2v) is 6.83. The normalized spacial score (nSPS) is 11.6. The van der Waals surface area contributed by atoms with E-state index in [0.717, 1.165) is 17.7 Å². The van der Waals surface area contributed by atoms with E-state index in [9.17, 15) is 22.8 Å². The van der Waals surface area contributed by atoms with Crippen LogP contribution in [0, 0.1) is 0 Å². The van der Waals surface area contributed by atoms with Crippen LogP contribution >= 0.6 is 11.6 Å². The van der Waals surface area contributed by atoms with Crippen molar-refractivity contribution in [1.82, 2.24) is 19.1 Å². The monoisotopic (exact) mass is 448 g/mol. The number of hydrogen-bond acceptors (Lipinski definition) is 5. The van der Waals surface area contributed by atoms with Gasteiger partial charge in [0.1, 0.15) is 10.9 Å². The molecule has 0 unspecified atom stereocenters. The van der Waals surface area contributed by atoms with E-state index in [1.807, 2.05) is 0 Å². The number of aromatic nitrogens is 4. The van der Waals surface area contributed by atoms with Crippen LogP contribution in [0.4, 0.5) is 13.2 Å². The molecule has 11 heteroatoms. The fourth-order valence-corrected chi connectivity index (χ4v) is 3.17. The second kappa shape index (κ2) is 7.88. The molecular weight excluding hydrogens is 437 g/mol. The summed E-state index contributed by atoms with van der Waals surface area (Å²) in [5, 5.41) is 0.325. The molecule has 2 aromatic rings. The number of hydrogen-bond donors (Lipinski definition) is 0. The van der Waals surface area contributed by atoms with Crippen LogP contribution in [0.1, 0.15) is 5.56 Å². The maximum absolute atomic E-state index is 13.0. The highest BCUT2D eigenvalue weighted by molar-refractivity contribution is 6.29. The van der Waals surface area contributed by atoms with Crippen LogP contribution in [0.5, 0.6) is 5.75 Å². The average Bonchev–Trinajstić information content (AvgIpc) is 2.69. The Morgan fingerprint density at radius 1 is 1.06 bits per heavy atom. The molecule has 2 aliphatic rings. The molecule has 0 radical (unpaired) electrons. The van der Waals surface area contributed by atoms with Gasteiger partial charge in [0.05, 0.1) is 17.8 Å². The summed E-state index contributed by atoms with van der Waals surface area (Å²) in [6, 6.07) is 11.0. The molecule has 0 bridgehead atoms. The van der Waals surface area contributed by atoms with Crippen molar-refractivity contribution >= 4 is 11.6 Å². The van der Waals surface area contributed by atoms with Gasteiger partial charge >= 0.3 is 12.1 Å². The number of nitrogens with zero attached hydrogens (tertiary/aromatic N) is 4. The van der Waals surface area contributed by atoms with Crippen LogP contribution in [0.2, 0.25) is 5.15 Å². The minimum Gasteiger partial charge on any atom is -0.406 e. The first-order valence-corrected chi connectivity index (χ1v) is 9.18. The second-order valence-electron chi connectivity index (χ2n) is 6.44. The van der Waals surface area contributed by atoms with Gasteiger partial charge in [0.15, 0.2) is 5.82 Å². The Hall–Kier alpha value is -3.66. The third kappa shape index (κ3) is 4.43. The molecule has 1 aromatic heterocycles. The molecule has 0 N–H and O–H groups in total. The van der Waals surface area contributed by atoms with E-state index in [0.29, 0.717) is 9.72 Å². The minimum atomic E-state index is -4.91. The summed E-state index contributed by atoms with van der Waals surface area (Å²) in [7, 11) is 0. The zero-order valence-electron chi connectivity index (χ0n) is 15.5. The Kier molecular flexibility index (Phi) is 5.24. The van der Waals surface area contributed by atoms with Gasteiger partial charge < -0.3 is 9.30 Å². The van der Waals surface area contributed by atoms with Crippen molar-refractivity contribution < 1.29 is 17.9 Å². The van der Waals surface area contributed by atoms with E-state index in [2.05, 4.69) is 14.7 Å². The first kappa shape index (κ1) is 20.6. The van der Waals surface area contributed by atoms with Gasteiger partial charge in [0.25, 0.3) is 5.56 Å². The number of benzene rings is 1. The van der Waals surface area contributed by atoms with Crippen molar-refractivity contribution in [3.8, 4) is 22.8 Å². The third-order valence-corrected chi connectivity index (χ3v) is 4.54. The van der Waals surface area contributed by atoms with E-state index in [-0.39, 0.29) is 23.6 Å². The highest BCUT2D eigenvalue weighted by Crippen LogP contribution is 2.24. The lowest BCUT2D eigenvalue weighted by Crippen LogP contribution is -2.36. The maximum atomic E-state index is 13.0. The number of alkyl halides is 3. The summed E-state index contributed by atoms with van der Waals surface area (Å²) >= 11 is 5.79. The fourth-order valence-electron chi connectivity index (χ4n) is 3.05. The predicted octanol–water partition coefficient (Wildman–Crippen LogP) is 3.49. The number of pyridine rings is 2. The molecule has 0 atom stereocenters. The van der Waals surface area contributed by atoms with Gasteiger partial charge in [0, 0.05) is 18.5 Å². The predicted molar refractivity (Wildman–Crippen MR) is 106 cm³/mol. The van der Waals surface area contributed by atoms with Crippen LogP contribution in [-0.4, -0.2) is 25.5 Å². The Bertz CT molecular complexity index is 1330. The lowest BCUT2D eigenvalue weighted by atomic mass is 10.2. The van der Waals surface area contributed by atoms with Gasteiger partial charge in [0.2, 0.25) is 0 Å². The molecule has 1 aromatic carbocycles. The Balaban J connectivity index is 1.80. The van der Waals surface area contributed by atoms with Gasteiger partial charge in [-0.25, -0.2) is 14.3 Å². The highest BCUT2D eigenvalue weighted by Gasteiger charge is 2.31. The topological polar surface area (TPSA) is 79.0 Å². The summed E-state index contributed by atoms with van der Waals surface area (Å²) in [4.78, 5) is 33.6. The Labute approximate surface area is 177 Å². The van der Waals surface area contributed by atoms with Crippen molar-refractivity contribution in [1.29, 1.82) is 0 Å². The quantitative estimate of drug-likeness (QED) is 0.446. The molecule has 0 amide bonds. The van der Waals surface area contributed by atoms with Crippen LogP contribution in [-0.2, 0) is 6.54 Å². The highest BCUT2D eigenvalue weighted by atomic mass is 35.5. The van der Waals surface area contributed by atoms with Gasteiger partial charge in [-0.15, -0.1) is 13.2 Å². The number of rotatable bonds is 4. The van der Waals surface area contributed by atoms with E-state index in [4.69, 9.17) is 11.6 Å². The van der Waals surface area contributed by atoms with E-state index in [1.54, 1.807) is 35.2 Å². The smallest absolute Gasteiger partial charge is 0.406 e. The van der Waals surface area contributed by atoms with E-state index < -0.39 is 23.4 Å². The molecule has 0 aliphatic carbocycles. The summed E-state index contributed by atoms with van der Waals surface area (Å²) in [5.41, 5.74) is -0.870. The summed E-state index contributed by atoms with van der Waals surface area (Å²) in [5.74, 6) is -0.429. The summed E-state index contributed by atoms with van der Waals surface area (Å²) < 4.78 is 43.7. The molecule has 158 valence electrons. The number of halogens is 4. The molecular formula is C20H12ClF3N4O3. The number of ether oxygens (including phenoxy) is 1. The van der Waals surface area contributed by atoms with Gasteiger partial charge in [-0.3, -0.25) is 4.79 Å². The van der Waals surface area contributed by atoms with Gasteiger partial charge in [-0.1, -0.05) is 23.7 Å². The summed E-state index contributed by atoms with van der Waals surface area (Å²) in [6.07, 6.45) is -1.71. The van der Waals surface area contributed by atoms with Gasteiger partial charge in [-0.2, -0.15) is 4.98 Å². The summed E-state index contributed by atoms with van der Waals surface area (Å²) in [6.45, 7) is 0.270. The maximum Gasteiger partial charge on any atom is 0.573 e. The zero-order valence-corrected chi connectivity index (χ0v) is 16.3. The molecule has 3 heterocycles. The van der Waals surface area contributed by atoms with Crippen LogP contribution in [0.3, 0.4) is 0 Å². The first-order chi connectivity index (χ1) is 14.7. The van der Waals surface area contributed by atoms with Crippen molar-refractivity contribution in [3.05, 3.63) is 92.5 Å². The molecule has 0 saturated heterocycles. The Morgan fingerprint density at radius 2 is 1.87 bits per heavy atom. The van der Waals surface area contributed by atoms with Crippen molar-refractivity contribution in [2.75, 3.05) is 0 Å². The van der Waals surface area contributed by atoms with E-state index in [1.165, 1.54) is 18.2 Å². The largest absolute Gasteiger partial charge is 0.573 e. The molecule has 7 nitrogen and oxygen atoms in total. The molecule has 0 fully saturated rings. The van der Waals surface area contributed by atoms with Gasteiger partial charge in [-0.05, 0) is 35.9 Å². The molecule has 0 spiro atoms. The van der Waals surface area contributed by atoms with Crippen molar-refractivity contribution in [2.45, 2.75) is 12.9 Å². The molecule has 2 aliphatic heterocycles. The fraction of sp³-hybridized carbons (Fsp3) is 0.100. The van der Waals surface area contributed by atoms with Crippen LogP contribution in [0.25, 0.3) is 17.1 Å².